The summed E-state index contributed by atoms with van der Waals surface area (Å²) >= 11 is 0. The number of fused-ring (bicyclic) bond motifs is 1. The Kier molecular flexibility index (Phi) is 4.32. The summed E-state index contributed by atoms with van der Waals surface area (Å²) in [5.41, 5.74) is 4.71. The molecule has 1 N–H and O–H groups in total. The fraction of sp³-hybridized carbons (Fsp3) is 0.190. The van der Waals surface area contributed by atoms with E-state index >= 15 is 0 Å². The fourth-order valence-electron chi connectivity index (χ4n) is 3.27. The van der Waals surface area contributed by atoms with E-state index in [4.69, 9.17) is 0 Å². The number of nitrogens with zero attached hydrogens (tertiary/aromatic N) is 4. The molecule has 0 aliphatic heterocycles. The van der Waals surface area contributed by atoms with E-state index in [2.05, 4.69) is 32.0 Å². The average Bonchev–Trinajstić information content (AvgIpc) is 3.13. The summed E-state index contributed by atoms with van der Waals surface area (Å²) in [6.45, 7) is 4.07. The molecule has 4 aromatic rings. The van der Waals surface area contributed by atoms with Gasteiger partial charge >= 0.3 is 0 Å². The van der Waals surface area contributed by atoms with Crippen molar-refractivity contribution in [3.8, 4) is 11.1 Å². The number of anilines is 1. The summed E-state index contributed by atoms with van der Waals surface area (Å²) in [6, 6.07) is 14.5. The maximum Gasteiger partial charge on any atom is 0.140 e. The summed E-state index contributed by atoms with van der Waals surface area (Å²) < 4.78 is 13.4. The molecule has 136 valence electrons. The smallest absolute Gasteiger partial charge is 0.140 e. The van der Waals surface area contributed by atoms with Crippen molar-refractivity contribution in [2.24, 2.45) is 0 Å². The third-order valence-corrected chi connectivity index (χ3v) is 4.87. The van der Waals surface area contributed by atoms with Gasteiger partial charge in [0.2, 0.25) is 0 Å². The van der Waals surface area contributed by atoms with Crippen LogP contribution in [-0.4, -0.2) is 27.2 Å². The molecular formula is C21H20FN5. The second kappa shape index (κ2) is 6.79. The van der Waals surface area contributed by atoms with Crippen molar-refractivity contribution in [2.75, 3.05) is 11.9 Å². The standard InChI is InChI=1S/C21H20FN5/c1-13-11-19(26-25-13)14(2)27(3)21-20-17(15-7-9-16(22)10-8-15)5-4-6-18(20)23-12-24-21/h4-12,14H,1-3H3,(H,25,26). The molecule has 2 aromatic carbocycles. The van der Waals surface area contributed by atoms with Crippen molar-refractivity contribution in [1.29, 1.82) is 0 Å². The van der Waals surface area contributed by atoms with Crippen LogP contribution in [0.2, 0.25) is 0 Å². The van der Waals surface area contributed by atoms with Gasteiger partial charge in [-0.2, -0.15) is 5.10 Å². The predicted molar refractivity (Wildman–Crippen MR) is 105 cm³/mol. The van der Waals surface area contributed by atoms with Gasteiger partial charge in [0.05, 0.1) is 22.6 Å². The molecule has 2 heterocycles. The summed E-state index contributed by atoms with van der Waals surface area (Å²) in [5, 5.41) is 8.31. The molecule has 0 bridgehead atoms. The zero-order valence-corrected chi connectivity index (χ0v) is 15.4. The highest BCUT2D eigenvalue weighted by Crippen LogP contribution is 2.35. The number of aryl methyl sites for hydroxylation is 1. The highest BCUT2D eigenvalue weighted by atomic mass is 19.1. The van der Waals surface area contributed by atoms with Gasteiger partial charge in [-0.1, -0.05) is 24.3 Å². The van der Waals surface area contributed by atoms with E-state index in [1.807, 2.05) is 38.2 Å². The molecule has 5 nitrogen and oxygen atoms in total. The third-order valence-electron chi connectivity index (χ3n) is 4.87. The Labute approximate surface area is 156 Å². The summed E-state index contributed by atoms with van der Waals surface area (Å²) in [7, 11) is 2.00. The van der Waals surface area contributed by atoms with Crippen LogP contribution in [-0.2, 0) is 0 Å². The zero-order chi connectivity index (χ0) is 19.0. The van der Waals surface area contributed by atoms with Gasteiger partial charge in [-0.25, -0.2) is 14.4 Å². The van der Waals surface area contributed by atoms with Gasteiger partial charge in [-0.05, 0) is 49.2 Å². The molecule has 0 fully saturated rings. The number of benzene rings is 2. The molecule has 0 spiro atoms. The molecule has 4 rings (SSSR count). The van der Waals surface area contributed by atoms with Crippen molar-refractivity contribution in [3.05, 3.63) is 72.1 Å². The van der Waals surface area contributed by atoms with Gasteiger partial charge in [0, 0.05) is 12.7 Å². The van der Waals surface area contributed by atoms with E-state index in [-0.39, 0.29) is 11.9 Å². The molecule has 6 heteroatoms. The molecule has 0 radical (unpaired) electrons. The van der Waals surface area contributed by atoms with Crippen LogP contribution >= 0.6 is 0 Å². The Morgan fingerprint density at radius 1 is 1.07 bits per heavy atom. The zero-order valence-electron chi connectivity index (χ0n) is 15.4. The molecule has 2 aromatic heterocycles. The Morgan fingerprint density at radius 3 is 2.56 bits per heavy atom. The molecule has 0 saturated heterocycles. The molecule has 27 heavy (non-hydrogen) atoms. The predicted octanol–water partition coefficient (Wildman–Crippen LogP) is 4.66. The van der Waals surface area contributed by atoms with Gasteiger partial charge in [-0.15, -0.1) is 0 Å². The van der Waals surface area contributed by atoms with E-state index in [1.54, 1.807) is 18.5 Å². The minimum Gasteiger partial charge on any atom is -0.351 e. The first-order valence-electron chi connectivity index (χ1n) is 8.79. The number of aromatic nitrogens is 4. The molecular weight excluding hydrogens is 341 g/mol. The maximum absolute atomic E-state index is 13.4. The first-order valence-corrected chi connectivity index (χ1v) is 8.79. The first kappa shape index (κ1) is 17.1. The topological polar surface area (TPSA) is 57.7 Å². The van der Waals surface area contributed by atoms with E-state index in [0.29, 0.717) is 0 Å². The summed E-state index contributed by atoms with van der Waals surface area (Å²) in [4.78, 5) is 11.1. The van der Waals surface area contributed by atoms with E-state index in [1.165, 1.54) is 12.1 Å². The number of H-pyrrole nitrogens is 1. The minimum absolute atomic E-state index is 0.0225. The van der Waals surface area contributed by atoms with Gasteiger partial charge in [0.1, 0.15) is 18.0 Å². The van der Waals surface area contributed by atoms with E-state index < -0.39 is 0 Å². The van der Waals surface area contributed by atoms with Crippen LogP contribution in [0.4, 0.5) is 10.2 Å². The minimum atomic E-state index is -0.255. The third kappa shape index (κ3) is 3.14. The molecule has 0 saturated carbocycles. The van der Waals surface area contributed by atoms with Crippen LogP contribution in [0.15, 0.2) is 54.9 Å². The molecule has 1 unspecified atom stereocenters. The number of nitrogens with one attached hydrogen (secondary N) is 1. The Morgan fingerprint density at radius 2 is 1.85 bits per heavy atom. The van der Waals surface area contributed by atoms with Crippen molar-refractivity contribution >= 4 is 16.7 Å². The van der Waals surface area contributed by atoms with Crippen LogP contribution in [0.25, 0.3) is 22.0 Å². The van der Waals surface area contributed by atoms with Gasteiger partial charge in [0.25, 0.3) is 0 Å². The molecule has 0 aliphatic carbocycles. The number of hydrogen-bond acceptors (Lipinski definition) is 4. The monoisotopic (exact) mass is 361 g/mol. The lowest BCUT2D eigenvalue weighted by molar-refractivity contribution is 0.628. The lowest BCUT2D eigenvalue weighted by Gasteiger charge is -2.26. The Balaban J connectivity index is 1.87. The molecule has 0 amide bonds. The van der Waals surface area contributed by atoms with E-state index in [0.717, 1.165) is 39.2 Å². The highest BCUT2D eigenvalue weighted by Gasteiger charge is 2.20. The van der Waals surface area contributed by atoms with Gasteiger partial charge in [-0.3, -0.25) is 5.10 Å². The number of hydrogen-bond donors (Lipinski definition) is 1. The van der Waals surface area contributed by atoms with Crippen molar-refractivity contribution < 1.29 is 4.39 Å². The maximum atomic E-state index is 13.4. The van der Waals surface area contributed by atoms with Gasteiger partial charge < -0.3 is 4.90 Å². The first-order chi connectivity index (χ1) is 13.0. The van der Waals surface area contributed by atoms with Crippen LogP contribution in [0, 0.1) is 12.7 Å². The lowest BCUT2D eigenvalue weighted by Crippen LogP contribution is -2.23. The Hall–Kier alpha value is -3.28. The number of aromatic amines is 1. The quantitative estimate of drug-likeness (QED) is 0.574. The van der Waals surface area contributed by atoms with Crippen molar-refractivity contribution in [2.45, 2.75) is 19.9 Å². The SMILES string of the molecule is Cc1cc(C(C)N(C)c2ncnc3cccc(-c4ccc(F)cc4)c23)n[nH]1. The summed E-state index contributed by atoms with van der Waals surface area (Å²) in [5.74, 6) is 0.559. The van der Waals surface area contributed by atoms with Crippen LogP contribution < -0.4 is 4.90 Å². The van der Waals surface area contributed by atoms with Crippen LogP contribution in [0.3, 0.4) is 0 Å². The molecule has 1 atom stereocenters. The van der Waals surface area contributed by atoms with Crippen molar-refractivity contribution in [1.82, 2.24) is 20.2 Å². The Bertz CT molecular complexity index is 1080. The van der Waals surface area contributed by atoms with Crippen LogP contribution in [0.5, 0.6) is 0 Å². The number of rotatable bonds is 4. The van der Waals surface area contributed by atoms with Crippen molar-refractivity contribution in [3.63, 3.8) is 0 Å². The second-order valence-corrected chi connectivity index (χ2v) is 6.67. The fourth-order valence-corrected chi connectivity index (χ4v) is 3.27. The molecule has 0 aliphatic rings. The van der Waals surface area contributed by atoms with Crippen LogP contribution in [0.1, 0.15) is 24.4 Å². The largest absolute Gasteiger partial charge is 0.351 e. The summed E-state index contributed by atoms with van der Waals surface area (Å²) in [6.07, 6.45) is 1.57. The number of halogens is 1. The second-order valence-electron chi connectivity index (χ2n) is 6.67. The van der Waals surface area contributed by atoms with Gasteiger partial charge in [0.15, 0.2) is 0 Å². The van der Waals surface area contributed by atoms with E-state index in [9.17, 15) is 4.39 Å². The normalized spacial score (nSPS) is 12.3. The lowest BCUT2D eigenvalue weighted by atomic mass is 10.00. The average molecular weight is 361 g/mol. The highest BCUT2D eigenvalue weighted by molar-refractivity contribution is 6.01.